The molecule has 0 radical (unpaired) electrons. The largest absolute Gasteiger partial charge is 0.493 e. The van der Waals surface area contributed by atoms with Crippen molar-refractivity contribution in [2.24, 2.45) is 0 Å². The fraction of sp³-hybridized carbons (Fsp3) is 0.429. The van der Waals surface area contributed by atoms with Crippen LogP contribution in [-0.4, -0.2) is 42.2 Å². The fourth-order valence-corrected chi connectivity index (χ4v) is 3.34. The summed E-state index contributed by atoms with van der Waals surface area (Å²) in [6.07, 6.45) is 1.84. The number of carboxylic acids is 1. The number of carboxylic acid groups (broad SMARTS) is 1. The number of nitrogens with one attached hydrogen (secondary N) is 1. The molecular formula is C14H17NO5S. The van der Waals surface area contributed by atoms with Gasteiger partial charge in [-0.1, -0.05) is 0 Å². The quantitative estimate of drug-likeness (QED) is 0.867. The number of rotatable bonds is 5. The van der Waals surface area contributed by atoms with Crippen LogP contribution in [0.15, 0.2) is 12.1 Å². The van der Waals surface area contributed by atoms with E-state index in [1.54, 1.807) is 11.8 Å². The first-order valence-electron chi connectivity index (χ1n) is 6.48. The molecule has 1 atom stereocenters. The average Bonchev–Trinajstić information content (AvgIpc) is 3.00. The van der Waals surface area contributed by atoms with Crippen LogP contribution in [0.5, 0.6) is 11.5 Å². The number of anilines is 1. The predicted molar refractivity (Wildman–Crippen MR) is 80.6 cm³/mol. The van der Waals surface area contributed by atoms with Gasteiger partial charge in [0.2, 0.25) is 5.91 Å². The summed E-state index contributed by atoms with van der Waals surface area (Å²) in [6, 6.07) is 2.74. The van der Waals surface area contributed by atoms with Crippen molar-refractivity contribution in [3.05, 3.63) is 17.7 Å². The first kappa shape index (κ1) is 15.5. The minimum Gasteiger partial charge on any atom is -0.493 e. The highest BCUT2D eigenvalue weighted by molar-refractivity contribution is 8.00. The van der Waals surface area contributed by atoms with Crippen LogP contribution < -0.4 is 14.8 Å². The number of aromatic carboxylic acids is 1. The lowest BCUT2D eigenvalue weighted by Crippen LogP contribution is -2.23. The maximum Gasteiger partial charge on any atom is 0.335 e. The molecule has 1 aromatic carbocycles. The van der Waals surface area contributed by atoms with Crippen LogP contribution in [0, 0.1) is 0 Å². The van der Waals surface area contributed by atoms with Gasteiger partial charge < -0.3 is 19.9 Å². The van der Waals surface area contributed by atoms with E-state index in [1.807, 2.05) is 0 Å². The second-order valence-corrected chi connectivity index (χ2v) is 5.87. The van der Waals surface area contributed by atoms with Gasteiger partial charge >= 0.3 is 5.97 Å². The summed E-state index contributed by atoms with van der Waals surface area (Å²) in [7, 11) is 2.86. The van der Waals surface area contributed by atoms with Crippen LogP contribution in [-0.2, 0) is 4.79 Å². The van der Waals surface area contributed by atoms with Crippen molar-refractivity contribution in [1.82, 2.24) is 0 Å². The van der Waals surface area contributed by atoms with Crippen LogP contribution in [0.3, 0.4) is 0 Å². The standard InChI is InChI=1S/C14H17NO5S/c1-19-10-7-8(14(17)18)6-9(12(10)20-2)15-13(16)11-4-3-5-21-11/h6-7,11H,3-5H2,1-2H3,(H,15,16)(H,17,18). The Kier molecular flexibility index (Phi) is 4.95. The number of carbonyl (C=O) groups excluding carboxylic acids is 1. The van der Waals surface area contributed by atoms with E-state index < -0.39 is 5.97 Å². The molecule has 0 bridgehead atoms. The van der Waals surface area contributed by atoms with Crippen molar-refractivity contribution in [3.8, 4) is 11.5 Å². The van der Waals surface area contributed by atoms with Gasteiger partial charge in [0.05, 0.1) is 30.7 Å². The highest BCUT2D eigenvalue weighted by Gasteiger charge is 2.25. The van der Waals surface area contributed by atoms with Crippen LogP contribution in [0.1, 0.15) is 23.2 Å². The third kappa shape index (κ3) is 3.41. The molecule has 1 heterocycles. The van der Waals surface area contributed by atoms with E-state index in [1.165, 1.54) is 26.4 Å². The molecule has 6 nitrogen and oxygen atoms in total. The molecule has 0 spiro atoms. The maximum atomic E-state index is 12.2. The normalized spacial score (nSPS) is 17.3. The summed E-state index contributed by atoms with van der Waals surface area (Å²) in [5.74, 6) is 0.320. The van der Waals surface area contributed by atoms with E-state index in [0.717, 1.165) is 18.6 Å². The number of amides is 1. The van der Waals surface area contributed by atoms with Gasteiger partial charge in [-0.15, -0.1) is 11.8 Å². The lowest BCUT2D eigenvalue weighted by molar-refractivity contribution is -0.115. The highest BCUT2D eigenvalue weighted by Crippen LogP contribution is 2.37. The molecule has 114 valence electrons. The van der Waals surface area contributed by atoms with Crippen molar-refractivity contribution in [2.75, 3.05) is 25.3 Å². The van der Waals surface area contributed by atoms with Crippen LogP contribution in [0.25, 0.3) is 0 Å². The Morgan fingerprint density at radius 2 is 2.10 bits per heavy atom. The number of thioether (sulfide) groups is 1. The lowest BCUT2D eigenvalue weighted by atomic mass is 10.1. The number of methoxy groups -OCH3 is 2. The second kappa shape index (κ2) is 6.71. The Balaban J connectivity index is 2.33. The fourth-order valence-electron chi connectivity index (χ4n) is 2.18. The summed E-state index contributed by atoms with van der Waals surface area (Å²) < 4.78 is 10.4. The highest BCUT2D eigenvalue weighted by atomic mass is 32.2. The second-order valence-electron chi connectivity index (χ2n) is 4.56. The summed E-state index contributed by atoms with van der Waals surface area (Å²) in [5, 5.41) is 11.8. The Bertz CT molecular complexity index is 555. The van der Waals surface area contributed by atoms with Crippen LogP contribution >= 0.6 is 11.8 Å². The van der Waals surface area contributed by atoms with Crippen LogP contribution in [0.2, 0.25) is 0 Å². The third-order valence-electron chi connectivity index (χ3n) is 3.21. The van der Waals surface area contributed by atoms with Gasteiger partial charge in [-0.2, -0.15) is 0 Å². The first-order valence-corrected chi connectivity index (χ1v) is 7.53. The summed E-state index contributed by atoms with van der Waals surface area (Å²) in [4.78, 5) is 23.3. The maximum absolute atomic E-state index is 12.2. The number of carbonyl (C=O) groups is 2. The lowest BCUT2D eigenvalue weighted by Gasteiger charge is -2.16. The van der Waals surface area contributed by atoms with E-state index in [4.69, 9.17) is 14.6 Å². The molecule has 21 heavy (non-hydrogen) atoms. The molecule has 1 aliphatic rings. The van der Waals surface area contributed by atoms with Crippen molar-refractivity contribution < 1.29 is 24.2 Å². The molecule has 1 saturated heterocycles. The Labute approximate surface area is 126 Å². The number of hydrogen-bond donors (Lipinski definition) is 2. The summed E-state index contributed by atoms with van der Waals surface area (Å²) in [5.41, 5.74) is 0.341. The zero-order chi connectivity index (χ0) is 15.4. The van der Waals surface area contributed by atoms with E-state index in [0.29, 0.717) is 11.4 Å². The molecular weight excluding hydrogens is 294 g/mol. The molecule has 1 unspecified atom stereocenters. The Morgan fingerprint density at radius 3 is 2.62 bits per heavy atom. The van der Waals surface area contributed by atoms with E-state index >= 15 is 0 Å². The molecule has 0 aliphatic carbocycles. The van der Waals surface area contributed by atoms with Crippen molar-refractivity contribution >= 4 is 29.3 Å². The molecule has 0 aromatic heterocycles. The van der Waals surface area contributed by atoms with E-state index in [2.05, 4.69) is 5.32 Å². The van der Waals surface area contributed by atoms with E-state index in [9.17, 15) is 9.59 Å². The number of benzene rings is 1. The zero-order valence-corrected chi connectivity index (χ0v) is 12.7. The molecule has 1 fully saturated rings. The predicted octanol–water partition coefficient (Wildman–Crippen LogP) is 2.24. The van der Waals surface area contributed by atoms with Gasteiger partial charge in [0.15, 0.2) is 11.5 Å². The van der Waals surface area contributed by atoms with Gasteiger partial charge in [0.1, 0.15) is 0 Å². The van der Waals surface area contributed by atoms with Gasteiger partial charge in [-0.3, -0.25) is 4.79 Å². The molecule has 1 aromatic rings. The summed E-state index contributed by atoms with van der Waals surface area (Å²) >= 11 is 1.60. The minimum absolute atomic E-state index is 0.0297. The van der Waals surface area contributed by atoms with Crippen LogP contribution in [0.4, 0.5) is 5.69 Å². The van der Waals surface area contributed by atoms with E-state index in [-0.39, 0.29) is 22.5 Å². The number of hydrogen-bond acceptors (Lipinski definition) is 5. The SMILES string of the molecule is COc1cc(C(=O)O)cc(NC(=O)C2CCCS2)c1OC. The zero-order valence-electron chi connectivity index (χ0n) is 11.8. The first-order chi connectivity index (χ1) is 10.1. The smallest absolute Gasteiger partial charge is 0.335 e. The van der Waals surface area contributed by atoms with Gasteiger partial charge in [0, 0.05) is 0 Å². The Hall–Kier alpha value is -1.89. The molecule has 2 N–H and O–H groups in total. The topological polar surface area (TPSA) is 84.9 Å². The van der Waals surface area contributed by atoms with Gasteiger partial charge in [0.25, 0.3) is 0 Å². The van der Waals surface area contributed by atoms with Crippen molar-refractivity contribution in [1.29, 1.82) is 0 Å². The minimum atomic E-state index is -1.10. The monoisotopic (exact) mass is 311 g/mol. The molecule has 0 saturated carbocycles. The molecule has 7 heteroatoms. The molecule has 1 aliphatic heterocycles. The van der Waals surface area contributed by atoms with Crippen molar-refractivity contribution in [3.63, 3.8) is 0 Å². The Morgan fingerprint density at radius 1 is 1.33 bits per heavy atom. The van der Waals surface area contributed by atoms with Crippen molar-refractivity contribution in [2.45, 2.75) is 18.1 Å². The van der Waals surface area contributed by atoms with Gasteiger partial charge in [-0.25, -0.2) is 4.79 Å². The average molecular weight is 311 g/mol. The number of ether oxygens (including phenoxy) is 2. The molecule has 2 rings (SSSR count). The third-order valence-corrected chi connectivity index (χ3v) is 4.58. The molecule has 1 amide bonds. The van der Waals surface area contributed by atoms with Gasteiger partial charge in [-0.05, 0) is 30.7 Å². The summed E-state index contributed by atoms with van der Waals surface area (Å²) in [6.45, 7) is 0.